The van der Waals surface area contributed by atoms with E-state index < -0.39 is 28.5 Å². The Hall–Kier alpha value is -2.88. The molecule has 7 nitrogen and oxygen atoms in total. The van der Waals surface area contributed by atoms with Gasteiger partial charge < -0.3 is 10.2 Å². The van der Waals surface area contributed by atoms with Crippen LogP contribution in [0.4, 0.5) is 5.69 Å². The molecule has 4 rings (SSSR count). The van der Waals surface area contributed by atoms with Gasteiger partial charge in [0, 0.05) is 28.5 Å². The summed E-state index contributed by atoms with van der Waals surface area (Å²) in [6.07, 6.45) is 6.42. The first-order valence-electron chi connectivity index (χ1n) is 13.7. The van der Waals surface area contributed by atoms with Gasteiger partial charge in [0.25, 0.3) is 0 Å². The van der Waals surface area contributed by atoms with E-state index in [9.17, 15) is 18.0 Å². The minimum atomic E-state index is -3.83. The Labute approximate surface area is 256 Å². The highest BCUT2D eigenvalue weighted by molar-refractivity contribution is 9.10. The summed E-state index contributed by atoms with van der Waals surface area (Å²) >= 11 is 9.53. The van der Waals surface area contributed by atoms with Gasteiger partial charge in [0.15, 0.2) is 0 Å². The zero-order chi connectivity index (χ0) is 29.4. The molecule has 1 N–H and O–H groups in total. The van der Waals surface area contributed by atoms with E-state index in [-0.39, 0.29) is 18.5 Å². The summed E-state index contributed by atoms with van der Waals surface area (Å²) < 4.78 is 27.6. The monoisotopic (exact) mass is 659 g/mol. The quantitative estimate of drug-likeness (QED) is 0.275. The lowest BCUT2D eigenvalue weighted by Gasteiger charge is -2.35. The minimum absolute atomic E-state index is 0.0546. The van der Waals surface area contributed by atoms with Crippen LogP contribution in [0.1, 0.15) is 43.2 Å². The first kappa shape index (κ1) is 31.1. The summed E-state index contributed by atoms with van der Waals surface area (Å²) in [5, 5.41) is 3.66. The fraction of sp³-hybridized carbons (Fsp3) is 0.355. The maximum Gasteiger partial charge on any atom is 0.244 e. The molecule has 0 aromatic heterocycles. The number of benzene rings is 3. The zero-order valence-electron chi connectivity index (χ0n) is 23.0. The second-order valence-corrected chi connectivity index (χ2v) is 13.7. The Bertz CT molecular complexity index is 1430. The normalized spacial score (nSPS) is 14.7. The summed E-state index contributed by atoms with van der Waals surface area (Å²) in [5.41, 5.74) is 2.04. The molecule has 0 bridgehead atoms. The molecule has 10 heteroatoms. The van der Waals surface area contributed by atoms with Crippen molar-refractivity contribution >= 4 is 55.1 Å². The average Bonchev–Trinajstić information content (AvgIpc) is 2.94. The van der Waals surface area contributed by atoms with Crippen LogP contribution in [-0.4, -0.2) is 50.0 Å². The molecular weight excluding hydrogens is 626 g/mol. The van der Waals surface area contributed by atoms with Crippen molar-refractivity contribution < 1.29 is 18.0 Å². The number of nitrogens with one attached hydrogen (secondary N) is 1. The molecule has 1 aliphatic rings. The predicted octanol–water partition coefficient (Wildman–Crippen LogP) is 5.96. The van der Waals surface area contributed by atoms with Crippen LogP contribution in [0.15, 0.2) is 83.3 Å². The van der Waals surface area contributed by atoms with Crippen LogP contribution in [0.2, 0.25) is 5.02 Å². The summed E-state index contributed by atoms with van der Waals surface area (Å²) in [6.45, 7) is -0.331. The van der Waals surface area contributed by atoms with E-state index in [1.54, 1.807) is 24.3 Å². The number of rotatable bonds is 11. The first-order valence-corrected chi connectivity index (χ1v) is 16.7. The third-order valence-corrected chi connectivity index (χ3v) is 9.14. The van der Waals surface area contributed by atoms with Crippen LogP contribution in [0.25, 0.3) is 0 Å². The second kappa shape index (κ2) is 14.3. The summed E-state index contributed by atoms with van der Waals surface area (Å²) in [4.78, 5) is 29.6. The molecule has 41 heavy (non-hydrogen) atoms. The molecule has 218 valence electrons. The van der Waals surface area contributed by atoms with Crippen LogP contribution in [0.5, 0.6) is 0 Å². The van der Waals surface area contributed by atoms with Crippen molar-refractivity contribution in [3.8, 4) is 0 Å². The third kappa shape index (κ3) is 9.05. The Morgan fingerprint density at radius 1 is 0.951 bits per heavy atom. The Balaban J connectivity index is 1.71. The molecular formula is C31H35BrClN3O4S. The number of nitrogens with zero attached hydrogens (tertiary/aromatic N) is 2. The van der Waals surface area contributed by atoms with Gasteiger partial charge >= 0.3 is 0 Å². The lowest BCUT2D eigenvalue weighted by atomic mass is 9.94. The van der Waals surface area contributed by atoms with Crippen LogP contribution >= 0.6 is 27.5 Å². The summed E-state index contributed by atoms with van der Waals surface area (Å²) in [5.74, 6) is -0.716. The fourth-order valence-corrected chi connectivity index (χ4v) is 6.57. The molecule has 1 saturated carbocycles. The van der Waals surface area contributed by atoms with E-state index >= 15 is 0 Å². The van der Waals surface area contributed by atoms with Gasteiger partial charge in [-0.1, -0.05) is 89.3 Å². The molecule has 1 aliphatic carbocycles. The average molecular weight is 661 g/mol. The molecule has 1 fully saturated rings. The molecule has 3 aromatic carbocycles. The number of hydrogen-bond acceptors (Lipinski definition) is 4. The number of hydrogen-bond donors (Lipinski definition) is 1. The third-order valence-electron chi connectivity index (χ3n) is 7.26. The molecule has 0 spiro atoms. The Morgan fingerprint density at radius 3 is 2.24 bits per heavy atom. The lowest BCUT2D eigenvalue weighted by Crippen LogP contribution is -2.55. The van der Waals surface area contributed by atoms with Gasteiger partial charge in [0.05, 0.1) is 11.9 Å². The van der Waals surface area contributed by atoms with Gasteiger partial charge in [0.1, 0.15) is 12.6 Å². The van der Waals surface area contributed by atoms with E-state index in [2.05, 4.69) is 21.2 Å². The van der Waals surface area contributed by atoms with Crippen molar-refractivity contribution in [1.29, 1.82) is 0 Å². The van der Waals surface area contributed by atoms with E-state index in [4.69, 9.17) is 11.6 Å². The van der Waals surface area contributed by atoms with Gasteiger partial charge in [-0.05, 0) is 60.4 Å². The van der Waals surface area contributed by atoms with Crippen LogP contribution in [0, 0.1) is 0 Å². The van der Waals surface area contributed by atoms with Crippen LogP contribution in [-0.2, 0) is 32.6 Å². The van der Waals surface area contributed by atoms with Crippen molar-refractivity contribution in [3.63, 3.8) is 0 Å². The molecule has 3 aromatic rings. The highest BCUT2D eigenvalue weighted by Gasteiger charge is 2.34. The first-order chi connectivity index (χ1) is 19.6. The smallest absolute Gasteiger partial charge is 0.244 e. The SMILES string of the molecule is CS(=O)(=O)N(CC(=O)N(Cc1cccc(Br)c1)C(Cc1ccccc1)C(=O)NC1CCCCC1)c1ccc(Cl)cc1. The molecule has 0 radical (unpaired) electrons. The van der Waals surface area contributed by atoms with E-state index in [0.717, 1.165) is 58.3 Å². The van der Waals surface area contributed by atoms with E-state index in [1.165, 1.54) is 4.90 Å². The van der Waals surface area contributed by atoms with Crippen molar-refractivity contribution in [1.82, 2.24) is 10.2 Å². The standard InChI is InChI=1S/C31H35BrClN3O4S/c1-41(39,40)36(28-17-15-26(33)16-18-28)22-30(37)35(21-24-11-8-12-25(32)19-24)29(20-23-9-4-2-5-10-23)31(38)34-27-13-6-3-7-14-27/h2,4-5,8-12,15-19,27,29H,3,6-7,13-14,20-22H2,1H3,(H,34,38). The van der Waals surface area contributed by atoms with E-state index in [0.29, 0.717) is 17.1 Å². The molecule has 1 unspecified atom stereocenters. The molecule has 0 heterocycles. The molecule has 0 aliphatic heterocycles. The van der Waals surface area contributed by atoms with Crippen molar-refractivity contribution in [2.75, 3.05) is 17.1 Å². The highest BCUT2D eigenvalue weighted by Crippen LogP contribution is 2.24. The van der Waals surface area contributed by atoms with Gasteiger partial charge in [-0.2, -0.15) is 0 Å². The lowest BCUT2D eigenvalue weighted by molar-refractivity contribution is -0.140. The maximum absolute atomic E-state index is 14.2. The van der Waals surface area contributed by atoms with Gasteiger partial charge in [-0.15, -0.1) is 0 Å². The largest absolute Gasteiger partial charge is 0.352 e. The number of amides is 2. The topological polar surface area (TPSA) is 86.8 Å². The number of carbonyl (C=O) groups excluding carboxylic acids is 2. The number of halogens is 2. The van der Waals surface area contributed by atoms with Gasteiger partial charge in [0.2, 0.25) is 21.8 Å². The maximum atomic E-state index is 14.2. The van der Waals surface area contributed by atoms with Crippen LogP contribution in [0.3, 0.4) is 0 Å². The van der Waals surface area contributed by atoms with Crippen LogP contribution < -0.4 is 9.62 Å². The zero-order valence-corrected chi connectivity index (χ0v) is 26.2. The number of sulfonamides is 1. The Morgan fingerprint density at radius 2 is 1.61 bits per heavy atom. The van der Waals surface area contributed by atoms with Gasteiger partial charge in [-0.3, -0.25) is 13.9 Å². The molecule has 1 atom stereocenters. The molecule has 0 saturated heterocycles. The minimum Gasteiger partial charge on any atom is -0.352 e. The highest BCUT2D eigenvalue weighted by atomic mass is 79.9. The summed E-state index contributed by atoms with van der Waals surface area (Å²) in [6, 6.07) is 22.6. The van der Waals surface area contributed by atoms with Crippen molar-refractivity contribution in [2.24, 2.45) is 0 Å². The van der Waals surface area contributed by atoms with Gasteiger partial charge in [-0.25, -0.2) is 8.42 Å². The number of anilines is 1. The number of carbonyl (C=O) groups is 2. The molecule has 2 amide bonds. The van der Waals surface area contributed by atoms with E-state index in [1.807, 2.05) is 54.6 Å². The second-order valence-electron chi connectivity index (χ2n) is 10.4. The summed E-state index contributed by atoms with van der Waals surface area (Å²) in [7, 11) is -3.83. The fourth-order valence-electron chi connectivity index (χ4n) is 5.15. The van der Waals surface area contributed by atoms with Crippen molar-refractivity contribution in [2.45, 2.75) is 57.2 Å². The Kier molecular flexibility index (Phi) is 10.9. The predicted molar refractivity (Wildman–Crippen MR) is 167 cm³/mol. The van der Waals surface area contributed by atoms with Crippen molar-refractivity contribution in [3.05, 3.63) is 99.5 Å².